The van der Waals surface area contributed by atoms with Crippen LogP contribution in [0, 0.1) is 0 Å². The topological polar surface area (TPSA) is 34.1 Å². The summed E-state index contributed by atoms with van der Waals surface area (Å²) in [4.78, 5) is 12.8. The highest BCUT2D eigenvalue weighted by Crippen LogP contribution is 2.39. The Bertz CT molecular complexity index is 557. The van der Waals surface area contributed by atoms with Gasteiger partial charge in [0.2, 0.25) is 0 Å². The maximum absolute atomic E-state index is 12.8. The van der Waals surface area contributed by atoms with E-state index in [0.717, 1.165) is 17.7 Å². The van der Waals surface area contributed by atoms with Crippen LogP contribution in [0.1, 0.15) is 51.7 Å². The maximum Gasteiger partial charge on any atom is 0.165 e. The summed E-state index contributed by atoms with van der Waals surface area (Å²) in [6.45, 7) is 8.53. The third kappa shape index (κ3) is 3.65. The zero-order valence-corrected chi connectivity index (χ0v) is 15.6. The van der Waals surface area contributed by atoms with Crippen molar-refractivity contribution < 1.29 is 9.00 Å². The van der Waals surface area contributed by atoms with Crippen LogP contribution < -0.4 is 0 Å². The first-order valence-corrected chi connectivity index (χ1v) is 10.3. The van der Waals surface area contributed by atoms with E-state index in [1.54, 1.807) is 11.8 Å². The molecule has 0 N–H and O–H groups in total. The van der Waals surface area contributed by atoms with E-state index in [1.807, 2.05) is 19.1 Å². The Morgan fingerprint density at radius 2 is 1.91 bits per heavy atom. The van der Waals surface area contributed by atoms with Crippen LogP contribution in [0.4, 0.5) is 0 Å². The van der Waals surface area contributed by atoms with Crippen LogP contribution in [0.25, 0.3) is 0 Å². The maximum atomic E-state index is 12.8. The molecule has 4 heteroatoms. The van der Waals surface area contributed by atoms with E-state index in [2.05, 4.69) is 32.9 Å². The number of thioether (sulfide) groups is 1. The standard InChI is InChI=1S/C18H26O2S2/c1-5-18(21-11-6-12-22(18)20)16(19)13-14-7-9-15(10-8-14)17(2,3)4/h7-10H,5-6,11-13H2,1-4H3/t18-,22-/m1/s1. The number of rotatable bonds is 4. The van der Waals surface area contributed by atoms with E-state index in [-0.39, 0.29) is 11.2 Å². The molecule has 1 aromatic carbocycles. The SMILES string of the molecule is CC[C@@]1(C(=O)Cc2ccc(C(C)(C)C)cc2)SCCC[S@]1=O. The molecule has 0 aromatic heterocycles. The first-order chi connectivity index (χ1) is 10.3. The van der Waals surface area contributed by atoms with Gasteiger partial charge in [0.1, 0.15) is 4.08 Å². The molecule has 0 saturated carbocycles. The van der Waals surface area contributed by atoms with E-state index in [0.29, 0.717) is 18.6 Å². The first kappa shape index (κ1) is 17.7. The zero-order chi connectivity index (χ0) is 16.4. The second-order valence-electron chi connectivity index (χ2n) is 6.91. The Morgan fingerprint density at radius 3 is 2.41 bits per heavy atom. The van der Waals surface area contributed by atoms with Crippen molar-refractivity contribution in [3.05, 3.63) is 35.4 Å². The molecule has 122 valence electrons. The van der Waals surface area contributed by atoms with E-state index in [1.165, 1.54) is 5.56 Å². The van der Waals surface area contributed by atoms with Crippen molar-refractivity contribution in [3.63, 3.8) is 0 Å². The molecular formula is C18H26O2S2. The van der Waals surface area contributed by atoms with Gasteiger partial charge in [-0.25, -0.2) is 0 Å². The molecule has 0 radical (unpaired) electrons. The van der Waals surface area contributed by atoms with Crippen LogP contribution in [0.15, 0.2) is 24.3 Å². The molecule has 0 spiro atoms. The molecule has 1 heterocycles. The monoisotopic (exact) mass is 338 g/mol. The van der Waals surface area contributed by atoms with Crippen LogP contribution in [-0.2, 0) is 27.4 Å². The number of benzene rings is 1. The highest BCUT2D eigenvalue weighted by Gasteiger charge is 2.44. The van der Waals surface area contributed by atoms with Gasteiger partial charge < -0.3 is 0 Å². The molecule has 1 aliphatic rings. The van der Waals surface area contributed by atoms with E-state index in [4.69, 9.17) is 0 Å². The Morgan fingerprint density at radius 1 is 1.27 bits per heavy atom. The van der Waals surface area contributed by atoms with Crippen molar-refractivity contribution in [2.75, 3.05) is 11.5 Å². The molecule has 22 heavy (non-hydrogen) atoms. The summed E-state index contributed by atoms with van der Waals surface area (Å²) >= 11 is 1.60. The third-order valence-electron chi connectivity index (χ3n) is 4.25. The fourth-order valence-corrected chi connectivity index (χ4v) is 6.42. The first-order valence-electron chi connectivity index (χ1n) is 7.95. The number of Topliss-reactive ketones (excluding diaryl/α,β-unsaturated/α-hetero) is 1. The summed E-state index contributed by atoms with van der Waals surface area (Å²) in [5.41, 5.74) is 2.41. The van der Waals surface area contributed by atoms with Gasteiger partial charge >= 0.3 is 0 Å². The lowest BCUT2D eigenvalue weighted by Crippen LogP contribution is -2.44. The Hall–Kier alpha value is -0.610. The fourth-order valence-electron chi connectivity index (χ4n) is 2.77. The van der Waals surface area contributed by atoms with Crippen LogP contribution >= 0.6 is 11.8 Å². The van der Waals surface area contributed by atoms with Crippen molar-refractivity contribution in [2.45, 2.75) is 56.5 Å². The van der Waals surface area contributed by atoms with Gasteiger partial charge in [-0.05, 0) is 35.1 Å². The highest BCUT2D eigenvalue weighted by molar-refractivity contribution is 8.14. The summed E-state index contributed by atoms with van der Waals surface area (Å²) in [7, 11) is -1.05. The quantitative estimate of drug-likeness (QED) is 0.829. The lowest BCUT2D eigenvalue weighted by atomic mass is 9.86. The molecule has 2 nitrogen and oxygen atoms in total. The van der Waals surface area contributed by atoms with E-state index in [9.17, 15) is 9.00 Å². The summed E-state index contributed by atoms with van der Waals surface area (Å²) < 4.78 is 11.8. The molecular weight excluding hydrogens is 312 g/mol. The van der Waals surface area contributed by atoms with E-state index < -0.39 is 14.9 Å². The Balaban J connectivity index is 2.15. The largest absolute Gasteiger partial charge is 0.297 e. The number of hydrogen-bond acceptors (Lipinski definition) is 3. The number of hydrogen-bond donors (Lipinski definition) is 0. The minimum atomic E-state index is -1.05. The second kappa shape index (κ2) is 6.88. The predicted molar refractivity (Wildman–Crippen MR) is 97.0 cm³/mol. The van der Waals surface area contributed by atoms with Crippen LogP contribution in [0.5, 0.6) is 0 Å². The number of ketones is 1. The van der Waals surface area contributed by atoms with Crippen molar-refractivity contribution >= 4 is 28.3 Å². The van der Waals surface area contributed by atoms with Gasteiger partial charge in [-0.2, -0.15) is 0 Å². The molecule has 0 amide bonds. The average Bonchev–Trinajstić information content (AvgIpc) is 2.47. The van der Waals surface area contributed by atoms with Gasteiger partial charge in [-0.15, -0.1) is 11.8 Å². The summed E-state index contributed by atoms with van der Waals surface area (Å²) in [5, 5.41) is 0. The van der Waals surface area contributed by atoms with Gasteiger partial charge in [0.05, 0.1) is 0 Å². The van der Waals surface area contributed by atoms with Crippen LogP contribution in [0.3, 0.4) is 0 Å². The van der Waals surface area contributed by atoms with Crippen LogP contribution in [-0.4, -0.2) is 25.6 Å². The molecule has 2 rings (SSSR count). The predicted octanol–water partition coefficient (Wildman–Crippen LogP) is 4.09. The Kier molecular flexibility index (Phi) is 5.54. The number of carbonyl (C=O) groups excluding carboxylic acids is 1. The smallest absolute Gasteiger partial charge is 0.165 e. The van der Waals surface area contributed by atoms with Gasteiger partial charge in [0.15, 0.2) is 5.78 Å². The number of carbonyl (C=O) groups is 1. The van der Waals surface area contributed by atoms with Crippen molar-refractivity contribution in [2.24, 2.45) is 0 Å². The zero-order valence-electron chi connectivity index (χ0n) is 14.0. The molecule has 2 atom stereocenters. The lowest BCUT2D eigenvalue weighted by molar-refractivity contribution is -0.118. The molecule has 1 saturated heterocycles. The van der Waals surface area contributed by atoms with Crippen molar-refractivity contribution in [1.82, 2.24) is 0 Å². The average molecular weight is 339 g/mol. The molecule has 0 bridgehead atoms. The van der Waals surface area contributed by atoms with Gasteiger partial charge in [0.25, 0.3) is 0 Å². The molecule has 0 aliphatic carbocycles. The fraction of sp³-hybridized carbons (Fsp3) is 0.611. The normalized spacial score (nSPS) is 25.9. The van der Waals surface area contributed by atoms with Gasteiger partial charge in [0, 0.05) is 23.0 Å². The molecule has 1 fully saturated rings. The highest BCUT2D eigenvalue weighted by atomic mass is 32.2. The second-order valence-corrected chi connectivity index (χ2v) is 10.4. The minimum absolute atomic E-state index is 0.119. The summed E-state index contributed by atoms with van der Waals surface area (Å²) in [5.74, 6) is 1.73. The molecule has 0 unspecified atom stereocenters. The van der Waals surface area contributed by atoms with Gasteiger partial charge in [-0.3, -0.25) is 9.00 Å². The Labute approximate surface area is 140 Å². The minimum Gasteiger partial charge on any atom is -0.297 e. The van der Waals surface area contributed by atoms with Crippen LogP contribution in [0.2, 0.25) is 0 Å². The summed E-state index contributed by atoms with van der Waals surface area (Å²) in [6, 6.07) is 8.29. The third-order valence-corrected chi connectivity index (χ3v) is 8.55. The lowest BCUT2D eigenvalue weighted by Gasteiger charge is -2.33. The molecule has 1 aromatic rings. The summed E-state index contributed by atoms with van der Waals surface area (Å²) in [6.07, 6.45) is 1.99. The van der Waals surface area contributed by atoms with Crippen molar-refractivity contribution in [3.8, 4) is 0 Å². The van der Waals surface area contributed by atoms with E-state index >= 15 is 0 Å². The molecule has 1 aliphatic heterocycles. The van der Waals surface area contributed by atoms with Crippen molar-refractivity contribution in [1.29, 1.82) is 0 Å². The van der Waals surface area contributed by atoms with Gasteiger partial charge in [-0.1, -0.05) is 52.0 Å².